The summed E-state index contributed by atoms with van der Waals surface area (Å²) in [5.74, 6) is 0.473. The first-order chi connectivity index (χ1) is 9.70. The van der Waals surface area contributed by atoms with Crippen LogP contribution in [0.3, 0.4) is 0 Å². The molecule has 8 heteroatoms. The van der Waals surface area contributed by atoms with Crippen molar-refractivity contribution >= 4 is 17.7 Å². The van der Waals surface area contributed by atoms with Crippen molar-refractivity contribution in [3.8, 4) is 0 Å². The third kappa shape index (κ3) is 2.34. The number of thioether (sulfide) groups is 1. The summed E-state index contributed by atoms with van der Waals surface area (Å²) in [7, 11) is 0. The van der Waals surface area contributed by atoms with Gasteiger partial charge in [-0.3, -0.25) is 14.2 Å². The number of rotatable bonds is 2. The zero-order valence-electron chi connectivity index (χ0n) is 10.8. The van der Waals surface area contributed by atoms with E-state index in [1.165, 1.54) is 22.9 Å². The highest BCUT2D eigenvalue weighted by Crippen LogP contribution is 2.20. The Labute approximate surface area is 119 Å². The summed E-state index contributed by atoms with van der Waals surface area (Å²) in [5, 5.41) is 9.77. The summed E-state index contributed by atoms with van der Waals surface area (Å²) in [4.78, 5) is 30.4. The van der Waals surface area contributed by atoms with Crippen molar-refractivity contribution < 1.29 is 14.6 Å². The molecule has 3 heterocycles. The highest BCUT2D eigenvalue weighted by atomic mass is 32.2. The van der Waals surface area contributed by atoms with Gasteiger partial charge in [-0.2, -0.15) is 0 Å². The molecule has 108 valence electrons. The lowest BCUT2D eigenvalue weighted by atomic mass is 10.2. The van der Waals surface area contributed by atoms with E-state index in [2.05, 4.69) is 4.98 Å². The molecule has 1 fully saturated rings. The third-order valence-electron chi connectivity index (χ3n) is 3.42. The summed E-state index contributed by atoms with van der Waals surface area (Å²) >= 11 is 1.52. The van der Waals surface area contributed by atoms with Crippen LogP contribution in [0.2, 0.25) is 0 Å². The Morgan fingerprint density at radius 3 is 3.20 bits per heavy atom. The van der Waals surface area contributed by atoms with Crippen molar-refractivity contribution in [2.24, 2.45) is 0 Å². The molecule has 0 aromatic carbocycles. The predicted molar refractivity (Wildman–Crippen MR) is 72.0 cm³/mol. The molecule has 1 aromatic heterocycles. The van der Waals surface area contributed by atoms with E-state index in [0.29, 0.717) is 31.4 Å². The Hall–Kier alpha value is -1.38. The van der Waals surface area contributed by atoms with Crippen LogP contribution in [0.5, 0.6) is 0 Å². The molecule has 1 unspecified atom stereocenters. The van der Waals surface area contributed by atoms with E-state index in [9.17, 15) is 9.59 Å². The largest absolute Gasteiger partial charge is 0.394 e. The molecule has 20 heavy (non-hydrogen) atoms. The zero-order valence-corrected chi connectivity index (χ0v) is 11.6. The number of aliphatic hydroxyl groups excluding tert-OH is 1. The molecule has 3 rings (SSSR count). The Balaban J connectivity index is 1.86. The number of nitrogens with zero attached hydrogens (tertiary/aromatic N) is 3. The minimum Gasteiger partial charge on any atom is -0.394 e. The van der Waals surface area contributed by atoms with E-state index in [-0.39, 0.29) is 29.7 Å². The number of carbonyl (C=O) groups is 1. The van der Waals surface area contributed by atoms with E-state index in [0.717, 1.165) is 5.75 Å². The van der Waals surface area contributed by atoms with Crippen LogP contribution in [0.1, 0.15) is 10.4 Å². The Morgan fingerprint density at radius 2 is 2.40 bits per heavy atom. The molecule has 1 N–H and O–H groups in total. The number of aromatic nitrogens is 2. The highest BCUT2D eigenvalue weighted by Gasteiger charge is 2.28. The predicted octanol–water partition coefficient (Wildman–Crippen LogP) is -0.818. The first-order valence-electron chi connectivity index (χ1n) is 6.45. The third-order valence-corrected chi connectivity index (χ3v) is 4.39. The van der Waals surface area contributed by atoms with Gasteiger partial charge in [-0.15, -0.1) is 0 Å². The number of ether oxygens (including phenoxy) is 1. The number of aliphatic hydroxyl groups is 1. The van der Waals surface area contributed by atoms with Crippen LogP contribution >= 0.6 is 11.8 Å². The Bertz CT molecular complexity index is 589. The molecule has 1 saturated heterocycles. The second-order valence-electron chi connectivity index (χ2n) is 4.69. The van der Waals surface area contributed by atoms with Crippen molar-refractivity contribution in [3.63, 3.8) is 0 Å². The van der Waals surface area contributed by atoms with Crippen LogP contribution in [0.15, 0.2) is 16.1 Å². The van der Waals surface area contributed by atoms with Gasteiger partial charge in [0.05, 0.1) is 19.3 Å². The van der Waals surface area contributed by atoms with Gasteiger partial charge in [0.15, 0.2) is 5.16 Å². The molecule has 0 bridgehead atoms. The quantitative estimate of drug-likeness (QED) is 0.718. The van der Waals surface area contributed by atoms with Crippen LogP contribution in [0, 0.1) is 0 Å². The minimum atomic E-state index is -0.381. The topological polar surface area (TPSA) is 84.7 Å². The van der Waals surface area contributed by atoms with Gasteiger partial charge in [-0.1, -0.05) is 11.8 Å². The van der Waals surface area contributed by atoms with Gasteiger partial charge in [-0.25, -0.2) is 4.98 Å². The van der Waals surface area contributed by atoms with Gasteiger partial charge in [0.1, 0.15) is 5.56 Å². The van der Waals surface area contributed by atoms with Gasteiger partial charge in [0.2, 0.25) is 0 Å². The molecule has 2 aliphatic heterocycles. The number of hydrogen-bond acceptors (Lipinski definition) is 6. The fourth-order valence-corrected chi connectivity index (χ4v) is 3.26. The van der Waals surface area contributed by atoms with Crippen LogP contribution < -0.4 is 5.56 Å². The summed E-state index contributed by atoms with van der Waals surface area (Å²) in [6, 6.07) is 0. The molecule has 0 radical (unpaired) electrons. The summed E-state index contributed by atoms with van der Waals surface area (Å²) in [5.41, 5.74) is -0.188. The maximum Gasteiger partial charge on any atom is 0.267 e. The molecule has 2 aliphatic rings. The second kappa shape index (κ2) is 5.55. The first kappa shape index (κ1) is 13.6. The maximum absolute atomic E-state index is 12.4. The van der Waals surface area contributed by atoms with Gasteiger partial charge >= 0.3 is 0 Å². The molecule has 0 saturated carbocycles. The summed E-state index contributed by atoms with van der Waals surface area (Å²) < 4.78 is 6.84. The normalized spacial score (nSPS) is 21.9. The fourth-order valence-electron chi connectivity index (χ4n) is 2.35. The molecule has 1 aromatic rings. The van der Waals surface area contributed by atoms with Crippen molar-refractivity contribution in [2.45, 2.75) is 17.8 Å². The van der Waals surface area contributed by atoms with Crippen LogP contribution in [-0.2, 0) is 11.3 Å². The molecule has 0 aliphatic carbocycles. The van der Waals surface area contributed by atoms with E-state index >= 15 is 0 Å². The second-order valence-corrected chi connectivity index (χ2v) is 5.75. The SMILES string of the molecule is O=C(c1cnc2n(c1=O)CCS2)N1CCOC(CO)C1. The lowest BCUT2D eigenvalue weighted by molar-refractivity contribution is -0.0448. The van der Waals surface area contributed by atoms with Gasteiger partial charge < -0.3 is 14.7 Å². The number of amides is 1. The Kier molecular flexibility index (Phi) is 3.77. The number of carbonyl (C=O) groups excluding carboxylic acids is 1. The standard InChI is InChI=1S/C12H15N3O4S/c16-7-8-6-14(1-3-19-8)10(17)9-5-13-12-15(11(9)18)2-4-20-12/h5,8,16H,1-4,6-7H2. The monoisotopic (exact) mass is 297 g/mol. The smallest absolute Gasteiger partial charge is 0.267 e. The zero-order chi connectivity index (χ0) is 14.1. The number of morpholine rings is 1. The van der Waals surface area contributed by atoms with E-state index in [4.69, 9.17) is 9.84 Å². The molecular weight excluding hydrogens is 282 g/mol. The molecular formula is C12H15N3O4S. The van der Waals surface area contributed by atoms with Gasteiger partial charge in [-0.05, 0) is 0 Å². The van der Waals surface area contributed by atoms with Crippen molar-refractivity contribution in [2.75, 3.05) is 32.1 Å². The number of hydrogen-bond donors (Lipinski definition) is 1. The van der Waals surface area contributed by atoms with Crippen LogP contribution in [-0.4, -0.2) is 63.6 Å². The summed E-state index contributed by atoms with van der Waals surface area (Å²) in [6.45, 7) is 1.54. The molecule has 7 nitrogen and oxygen atoms in total. The Morgan fingerprint density at radius 1 is 1.55 bits per heavy atom. The van der Waals surface area contributed by atoms with Crippen molar-refractivity contribution in [3.05, 3.63) is 22.1 Å². The average molecular weight is 297 g/mol. The lowest BCUT2D eigenvalue weighted by Gasteiger charge is -2.31. The van der Waals surface area contributed by atoms with E-state index in [1.54, 1.807) is 4.57 Å². The average Bonchev–Trinajstić information content (AvgIpc) is 2.96. The highest BCUT2D eigenvalue weighted by molar-refractivity contribution is 7.99. The first-order valence-corrected chi connectivity index (χ1v) is 7.43. The molecule has 0 spiro atoms. The molecule has 1 amide bonds. The maximum atomic E-state index is 12.4. The number of fused-ring (bicyclic) bond motifs is 1. The van der Waals surface area contributed by atoms with Crippen LogP contribution in [0.4, 0.5) is 0 Å². The van der Waals surface area contributed by atoms with Crippen molar-refractivity contribution in [1.29, 1.82) is 0 Å². The van der Waals surface area contributed by atoms with E-state index in [1.807, 2.05) is 0 Å². The molecule has 1 atom stereocenters. The fraction of sp³-hybridized carbons (Fsp3) is 0.583. The lowest BCUT2D eigenvalue weighted by Crippen LogP contribution is -2.48. The minimum absolute atomic E-state index is 0.0924. The van der Waals surface area contributed by atoms with Gasteiger partial charge in [0, 0.05) is 31.6 Å². The van der Waals surface area contributed by atoms with Gasteiger partial charge in [0.25, 0.3) is 11.5 Å². The van der Waals surface area contributed by atoms with E-state index < -0.39 is 0 Å². The van der Waals surface area contributed by atoms with Crippen LogP contribution in [0.25, 0.3) is 0 Å². The van der Waals surface area contributed by atoms with Crippen molar-refractivity contribution in [1.82, 2.24) is 14.5 Å². The summed E-state index contributed by atoms with van der Waals surface area (Å²) in [6.07, 6.45) is 0.978.